The molecule has 0 spiro atoms. The molecular weight excluding hydrogens is 271 g/mol. The molecule has 0 aromatic heterocycles. The number of nitrogens with zero attached hydrogens (tertiary/aromatic N) is 1. The van der Waals surface area contributed by atoms with Gasteiger partial charge in [-0.1, -0.05) is 26.0 Å². The SMILES string of the molecule is CC(C)C1NC(=O)CC(C)N(Cc2cccc(F)c2)C1=O. The van der Waals surface area contributed by atoms with Crippen molar-refractivity contribution in [1.29, 1.82) is 0 Å². The molecule has 0 saturated carbocycles. The zero-order chi connectivity index (χ0) is 15.6. The fraction of sp³-hybridized carbons (Fsp3) is 0.500. The van der Waals surface area contributed by atoms with E-state index in [4.69, 9.17) is 0 Å². The van der Waals surface area contributed by atoms with Gasteiger partial charge in [0.05, 0.1) is 0 Å². The summed E-state index contributed by atoms with van der Waals surface area (Å²) in [5.74, 6) is -0.525. The summed E-state index contributed by atoms with van der Waals surface area (Å²) in [5, 5.41) is 2.78. The Balaban J connectivity index is 2.25. The van der Waals surface area contributed by atoms with E-state index in [0.717, 1.165) is 5.56 Å². The number of hydrogen-bond acceptors (Lipinski definition) is 2. The second kappa shape index (κ2) is 6.24. The molecule has 114 valence electrons. The molecule has 1 fully saturated rings. The van der Waals surface area contributed by atoms with Crippen LogP contribution in [0.2, 0.25) is 0 Å². The third kappa shape index (κ3) is 3.60. The molecule has 1 aromatic rings. The molecule has 21 heavy (non-hydrogen) atoms. The first-order chi connectivity index (χ1) is 9.88. The largest absolute Gasteiger partial charge is 0.344 e. The van der Waals surface area contributed by atoms with Crippen molar-refractivity contribution in [3.05, 3.63) is 35.6 Å². The van der Waals surface area contributed by atoms with Crippen LogP contribution in [0.25, 0.3) is 0 Å². The minimum absolute atomic E-state index is 0.0155. The molecule has 0 aliphatic carbocycles. The second-order valence-corrected chi connectivity index (χ2v) is 5.94. The normalized spacial score (nSPS) is 23.2. The standard InChI is InChI=1S/C16H21FN2O2/c1-10(2)15-16(21)19(11(3)7-14(20)18-15)9-12-5-4-6-13(17)8-12/h4-6,8,10-11,15H,7,9H2,1-3H3,(H,18,20). The van der Waals surface area contributed by atoms with Crippen LogP contribution in [0.5, 0.6) is 0 Å². The van der Waals surface area contributed by atoms with E-state index < -0.39 is 6.04 Å². The highest BCUT2D eigenvalue weighted by atomic mass is 19.1. The molecule has 2 amide bonds. The van der Waals surface area contributed by atoms with Gasteiger partial charge in [-0.25, -0.2) is 4.39 Å². The zero-order valence-electron chi connectivity index (χ0n) is 12.6. The van der Waals surface area contributed by atoms with Gasteiger partial charge in [0.15, 0.2) is 0 Å². The van der Waals surface area contributed by atoms with Crippen molar-refractivity contribution in [2.75, 3.05) is 0 Å². The molecular formula is C16H21FN2O2. The van der Waals surface area contributed by atoms with Gasteiger partial charge in [-0.05, 0) is 30.5 Å². The quantitative estimate of drug-likeness (QED) is 0.927. The van der Waals surface area contributed by atoms with Gasteiger partial charge in [0.25, 0.3) is 0 Å². The molecule has 2 atom stereocenters. The molecule has 4 nitrogen and oxygen atoms in total. The van der Waals surface area contributed by atoms with Crippen molar-refractivity contribution in [3.8, 4) is 0 Å². The summed E-state index contributed by atoms with van der Waals surface area (Å²) in [6.45, 7) is 5.97. The van der Waals surface area contributed by atoms with E-state index in [0.29, 0.717) is 6.54 Å². The average Bonchev–Trinajstić information content (AvgIpc) is 2.50. The lowest BCUT2D eigenvalue weighted by Crippen LogP contribution is -2.48. The number of benzene rings is 1. The lowest BCUT2D eigenvalue weighted by molar-refractivity contribution is -0.136. The van der Waals surface area contributed by atoms with Crippen LogP contribution in [-0.2, 0) is 16.1 Å². The molecule has 5 heteroatoms. The van der Waals surface area contributed by atoms with Crippen LogP contribution < -0.4 is 5.32 Å². The number of nitrogens with one attached hydrogen (secondary N) is 1. The highest BCUT2D eigenvalue weighted by Crippen LogP contribution is 2.19. The Morgan fingerprint density at radius 2 is 2.10 bits per heavy atom. The first kappa shape index (κ1) is 15.5. The first-order valence-corrected chi connectivity index (χ1v) is 7.22. The molecule has 1 saturated heterocycles. The Kier molecular flexibility index (Phi) is 4.60. The van der Waals surface area contributed by atoms with E-state index in [9.17, 15) is 14.0 Å². The van der Waals surface area contributed by atoms with Crippen LogP contribution in [0, 0.1) is 11.7 Å². The lowest BCUT2D eigenvalue weighted by atomic mass is 10.0. The highest BCUT2D eigenvalue weighted by molar-refractivity contribution is 5.90. The summed E-state index contributed by atoms with van der Waals surface area (Å²) in [7, 11) is 0. The minimum atomic E-state index is -0.518. The van der Waals surface area contributed by atoms with Crippen LogP contribution in [0.3, 0.4) is 0 Å². The highest BCUT2D eigenvalue weighted by Gasteiger charge is 2.35. The van der Waals surface area contributed by atoms with Gasteiger partial charge in [0.2, 0.25) is 11.8 Å². The summed E-state index contributed by atoms with van der Waals surface area (Å²) in [5.41, 5.74) is 0.729. The van der Waals surface area contributed by atoms with Crippen LogP contribution >= 0.6 is 0 Å². The van der Waals surface area contributed by atoms with Gasteiger partial charge in [0.1, 0.15) is 11.9 Å². The predicted molar refractivity (Wildman–Crippen MR) is 77.8 cm³/mol. The number of carbonyl (C=O) groups is 2. The van der Waals surface area contributed by atoms with Gasteiger partial charge in [0, 0.05) is 19.0 Å². The summed E-state index contributed by atoms with van der Waals surface area (Å²) in [6, 6.07) is 5.48. The number of carbonyl (C=O) groups excluding carboxylic acids is 2. The maximum atomic E-state index is 13.3. The van der Waals surface area contributed by atoms with Gasteiger partial charge in [-0.2, -0.15) is 0 Å². The Bertz CT molecular complexity index is 545. The zero-order valence-corrected chi connectivity index (χ0v) is 12.6. The summed E-state index contributed by atoms with van der Waals surface area (Å²) in [4.78, 5) is 26.2. The van der Waals surface area contributed by atoms with Crippen LogP contribution in [-0.4, -0.2) is 28.8 Å². The monoisotopic (exact) mass is 292 g/mol. The van der Waals surface area contributed by atoms with E-state index in [2.05, 4.69) is 5.32 Å². The molecule has 2 unspecified atom stereocenters. The van der Waals surface area contributed by atoms with Gasteiger partial charge in [-0.15, -0.1) is 0 Å². The molecule has 1 heterocycles. The Morgan fingerprint density at radius 3 is 2.71 bits per heavy atom. The second-order valence-electron chi connectivity index (χ2n) is 5.94. The summed E-state index contributed by atoms with van der Waals surface area (Å²) < 4.78 is 13.3. The molecule has 1 aromatic carbocycles. The van der Waals surface area contributed by atoms with Crippen molar-refractivity contribution in [2.24, 2.45) is 5.92 Å². The smallest absolute Gasteiger partial charge is 0.245 e. The molecule has 1 N–H and O–H groups in total. The lowest BCUT2D eigenvalue weighted by Gasteiger charge is -2.30. The fourth-order valence-corrected chi connectivity index (χ4v) is 2.59. The van der Waals surface area contributed by atoms with E-state index in [1.165, 1.54) is 12.1 Å². The van der Waals surface area contributed by atoms with E-state index in [-0.39, 0.29) is 36.0 Å². The van der Waals surface area contributed by atoms with Crippen molar-refractivity contribution < 1.29 is 14.0 Å². The maximum absolute atomic E-state index is 13.3. The van der Waals surface area contributed by atoms with Crippen LogP contribution in [0.4, 0.5) is 4.39 Å². The van der Waals surface area contributed by atoms with E-state index >= 15 is 0 Å². The Hall–Kier alpha value is -1.91. The van der Waals surface area contributed by atoms with E-state index in [1.807, 2.05) is 20.8 Å². The van der Waals surface area contributed by atoms with Crippen LogP contribution in [0.15, 0.2) is 24.3 Å². The molecule has 0 bridgehead atoms. The molecule has 0 radical (unpaired) electrons. The molecule has 1 aliphatic rings. The summed E-state index contributed by atoms with van der Waals surface area (Å²) in [6.07, 6.45) is 0.268. The first-order valence-electron chi connectivity index (χ1n) is 7.22. The van der Waals surface area contributed by atoms with Crippen molar-refractivity contribution in [3.63, 3.8) is 0 Å². The third-order valence-corrected chi connectivity index (χ3v) is 3.79. The van der Waals surface area contributed by atoms with Crippen molar-refractivity contribution in [1.82, 2.24) is 10.2 Å². The Labute approximate surface area is 124 Å². The van der Waals surface area contributed by atoms with Crippen molar-refractivity contribution >= 4 is 11.8 Å². The van der Waals surface area contributed by atoms with Gasteiger partial charge in [-0.3, -0.25) is 9.59 Å². The summed E-state index contributed by atoms with van der Waals surface area (Å²) >= 11 is 0. The topological polar surface area (TPSA) is 49.4 Å². The van der Waals surface area contributed by atoms with Gasteiger partial charge < -0.3 is 10.2 Å². The van der Waals surface area contributed by atoms with Gasteiger partial charge >= 0.3 is 0 Å². The number of amides is 2. The predicted octanol–water partition coefficient (Wildman–Crippen LogP) is 2.09. The number of rotatable bonds is 3. The van der Waals surface area contributed by atoms with Crippen molar-refractivity contribution in [2.45, 2.75) is 45.8 Å². The average molecular weight is 292 g/mol. The number of hydrogen-bond donors (Lipinski definition) is 1. The number of halogens is 1. The van der Waals surface area contributed by atoms with E-state index in [1.54, 1.807) is 17.0 Å². The molecule has 2 rings (SSSR count). The minimum Gasteiger partial charge on any atom is -0.344 e. The third-order valence-electron chi connectivity index (χ3n) is 3.79. The molecule has 1 aliphatic heterocycles. The van der Waals surface area contributed by atoms with Crippen LogP contribution in [0.1, 0.15) is 32.8 Å². The fourth-order valence-electron chi connectivity index (χ4n) is 2.59. The maximum Gasteiger partial charge on any atom is 0.245 e. The Morgan fingerprint density at radius 1 is 1.38 bits per heavy atom.